The van der Waals surface area contributed by atoms with E-state index in [1.54, 1.807) is 12.1 Å². The molecule has 3 aromatic rings. The molecule has 1 unspecified atom stereocenters. The van der Waals surface area contributed by atoms with Gasteiger partial charge in [0.25, 0.3) is 5.91 Å². The van der Waals surface area contributed by atoms with Gasteiger partial charge in [-0.25, -0.2) is 22.5 Å². The molecular formula is C23H16FN5O4S. The number of anilines is 1. The van der Waals surface area contributed by atoms with Gasteiger partial charge < -0.3 is 4.90 Å². The normalized spacial score (nSPS) is 24.2. The SMILES string of the molecule is N#Cc1ccc(N2C(=O)[C@@H]3C4C[C@H](CN4S(=O)(=O)c4ccccc4F)N3C2=O)c2cccnc12. The fourth-order valence-electron chi connectivity index (χ4n) is 5.34. The molecule has 0 radical (unpaired) electrons. The van der Waals surface area contributed by atoms with Crippen LogP contribution in [0.3, 0.4) is 0 Å². The van der Waals surface area contributed by atoms with E-state index in [-0.39, 0.29) is 12.2 Å². The van der Waals surface area contributed by atoms with Crippen molar-refractivity contribution in [1.29, 1.82) is 5.26 Å². The Morgan fingerprint density at radius 1 is 1.09 bits per heavy atom. The third kappa shape index (κ3) is 2.60. The van der Waals surface area contributed by atoms with E-state index in [9.17, 15) is 27.7 Å². The maximum Gasteiger partial charge on any atom is 0.332 e. The molecule has 3 aliphatic heterocycles. The van der Waals surface area contributed by atoms with Crippen LogP contribution in [0.2, 0.25) is 0 Å². The molecular weight excluding hydrogens is 461 g/mol. The van der Waals surface area contributed by atoms with Gasteiger partial charge in [-0.3, -0.25) is 9.78 Å². The largest absolute Gasteiger partial charge is 0.332 e. The average Bonchev–Trinajstić information content (AvgIpc) is 3.50. The van der Waals surface area contributed by atoms with Crippen molar-refractivity contribution in [3.05, 3.63) is 66.1 Å². The summed E-state index contributed by atoms with van der Waals surface area (Å²) in [6.07, 6.45) is 1.82. The van der Waals surface area contributed by atoms with E-state index in [2.05, 4.69) is 11.1 Å². The number of piperazine rings is 1. The first-order valence-electron chi connectivity index (χ1n) is 10.5. The van der Waals surface area contributed by atoms with Crippen LogP contribution in [0.5, 0.6) is 0 Å². The third-order valence-corrected chi connectivity index (χ3v) is 8.67. The summed E-state index contributed by atoms with van der Waals surface area (Å²) >= 11 is 0. The van der Waals surface area contributed by atoms with E-state index in [1.807, 2.05) is 0 Å². The van der Waals surface area contributed by atoms with Gasteiger partial charge in [0.1, 0.15) is 22.8 Å². The van der Waals surface area contributed by atoms with Crippen LogP contribution < -0.4 is 4.90 Å². The number of imide groups is 1. The van der Waals surface area contributed by atoms with Crippen molar-refractivity contribution in [3.63, 3.8) is 0 Å². The van der Waals surface area contributed by atoms with Crippen LogP contribution in [-0.2, 0) is 14.8 Å². The Kier molecular flexibility index (Phi) is 4.30. The quantitative estimate of drug-likeness (QED) is 0.535. The minimum Gasteiger partial charge on any atom is -0.306 e. The minimum atomic E-state index is -4.20. The maximum absolute atomic E-state index is 14.3. The Hall–Kier alpha value is -3.88. The lowest BCUT2D eigenvalue weighted by molar-refractivity contribution is -0.120. The van der Waals surface area contributed by atoms with Gasteiger partial charge in [0.15, 0.2) is 0 Å². The fourth-order valence-corrected chi connectivity index (χ4v) is 7.08. The summed E-state index contributed by atoms with van der Waals surface area (Å²) in [5, 5.41) is 9.85. The molecule has 6 rings (SSSR count). The molecule has 3 saturated heterocycles. The lowest BCUT2D eigenvalue weighted by Gasteiger charge is -2.34. The van der Waals surface area contributed by atoms with Crippen molar-refractivity contribution >= 4 is 38.6 Å². The summed E-state index contributed by atoms with van der Waals surface area (Å²) in [6.45, 7) is -0.0135. The Morgan fingerprint density at radius 3 is 2.65 bits per heavy atom. The van der Waals surface area contributed by atoms with Gasteiger partial charge in [0.2, 0.25) is 10.0 Å². The summed E-state index contributed by atoms with van der Waals surface area (Å²) < 4.78 is 41.9. The smallest absolute Gasteiger partial charge is 0.306 e. The number of pyridine rings is 1. The maximum atomic E-state index is 14.3. The van der Waals surface area contributed by atoms with Crippen LogP contribution in [-0.4, -0.2) is 59.2 Å². The van der Waals surface area contributed by atoms with E-state index in [1.165, 1.54) is 41.4 Å². The molecule has 2 aromatic carbocycles. The van der Waals surface area contributed by atoms with Gasteiger partial charge in [0, 0.05) is 24.2 Å². The highest BCUT2D eigenvalue weighted by atomic mass is 32.2. The van der Waals surface area contributed by atoms with Crippen molar-refractivity contribution in [3.8, 4) is 6.07 Å². The minimum absolute atomic E-state index is 0.0135. The molecule has 0 aliphatic carbocycles. The molecule has 170 valence electrons. The number of rotatable bonds is 3. The number of carbonyl (C=O) groups is 2. The van der Waals surface area contributed by atoms with Gasteiger partial charge in [-0.1, -0.05) is 12.1 Å². The number of aromatic nitrogens is 1. The predicted molar refractivity (Wildman–Crippen MR) is 117 cm³/mol. The monoisotopic (exact) mass is 477 g/mol. The summed E-state index contributed by atoms with van der Waals surface area (Å²) in [5.74, 6) is -1.42. The number of urea groups is 1. The fraction of sp³-hybridized carbons (Fsp3) is 0.217. The van der Waals surface area contributed by atoms with E-state index >= 15 is 0 Å². The van der Waals surface area contributed by atoms with E-state index < -0.39 is 50.8 Å². The molecule has 3 aliphatic rings. The summed E-state index contributed by atoms with van der Waals surface area (Å²) in [7, 11) is -4.20. The second-order valence-electron chi connectivity index (χ2n) is 8.41. The number of fused-ring (bicyclic) bond motifs is 6. The van der Waals surface area contributed by atoms with Gasteiger partial charge in [-0.05, 0) is 42.8 Å². The number of carbonyl (C=O) groups excluding carboxylic acids is 2. The van der Waals surface area contributed by atoms with Gasteiger partial charge in [-0.2, -0.15) is 9.57 Å². The molecule has 9 nitrogen and oxygen atoms in total. The first-order valence-corrected chi connectivity index (χ1v) is 12.0. The summed E-state index contributed by atoms with van der Waals surface area (Å²) in [5.41, 5.74) is 0.956. The van der Waals surface area contributed by atoms with Crippen LogP contribution in [0.4, 0.5) is 14.9 Å². The van der Waals surface area contributed by atoms with Crippen molar-refractivity contribution in [1.82, 2.24) is 14.2 Å². The molecule has 0 spiro atoms. The van der Waals surface area contributed by atoms with Crippen molar-refractivity contribution in [2.75, 3.05) is 11.4 Å². The zero-order valence-electron chi connectivity index (χ0n) is 17.5. The second kappa shape index (κ2) is 7.06. The number of nitriles is 1. The molecule has 11 heteroatoms. The Morgan fingerprint density at radius 2 is 1.88 bits per heavy atom. The molecule has 0 N–H and O–H groups in total. The number of benzene rings is 2. The van der Waals surface area contributed by atoms with Crippen molar-refractivity contribution < 1.29 is 22.4 Å². The molecule has 2 bridgehead atoms. The summed E-state index contributed by atoms with van der Waals surface area (Å²) in [6, 6.07) is 10.7. The van der Waals surface area contributed by atoms with Gasteiger partial charge in [0.05, 0.1) is 22.8 Å². The highest BCUT2D eigenvalue weighted by molar-refractivity contribution is 7.89. The van der Waals surface area contributed by atoms with Crippen LogP contribution in [0.1, 0.15) is 12.0 Å². The zero-order chi connectivity index (χ0) is 23.8. The number of hydrogen-bond acceptors (Lipinski definition) is 6. The number of hydrogen-bond donors (Lipinski definition) is 0. The number of sulfonamides is 1. The molecule has 0 saturated carbocycles. The highest BCUT2D eigenvalue weighted by Gasteiger charge is 2.64. The van der Waals surface area contributed by atoms with E-state index in [4.69, 9.17) is 0 Å². The lowest BCUT2D eigenvalue weighted by Crippen LogP contribution is -2.54. The first kappa shape index (κ1) is 20.7. The Labute approximate surface area is 193 Å². The lowest BCUT2D eigenvalue weighted by atomic mass is 10.1. The van der Waals surface area contributed by atoms with Crippen LogP contribution in [0.25, 0.3) is 10.9 Å². The summed E-state index contributed by atoms with van der Waals surface area (Å²) in [4.78, 5) is 33.2. The van der Waals surface area contributed by atoms with Crippen molar-refractivity contribution in [2.24, 2.45) is 0 Å². The topological polar surface area (TPSA) is 115 Å². The van der Waals surface area contributed by atoms with Gasteiger partial charge in [-0.15, -0.1) is 0 Å². The molecule has 34 heavy (non-hydrogen) atoms. The van der Waals surface area contributed by atoms with E-state index in [0.29, 0.717) is 22.9 Å². The second-order valence-corrected chi connectivity index (χ2v) is 10.3. The Balaban J connectivity index is 1.41. The molecule has 4 heterocycles. The first-order chi connectivity index (χ1) is 16.3. The van der Waals surface area contributed by atoms with E-state index in [0.717, 1.165) is 15.3 Å². The highest BCUT2D eigenvalue weighted by Crippen LogP contribution is 2.45. The number of halogens is 1. The standard InChI is InChI=1S/C23H16FN5O4S/c24-16-5-1-2-6-19(16)34(32,33)27-12-14-10-18(27)21-22(30)29(23(31)28(14)21)17-8-7-13(11-25)20-15(17)4-3-9-26-20/h1-9,14,18,21H,10,12H2/t14-,18?,21+/m1/s1. The number of amides is 3. The molecule has 3 fully saturated rings. The molecule has 1 aromatic heterocycles. The third-order valence-electron chi connectivity index (χ3n) is 6.75. The van der Waals surface area contributed by atoms with Crippen LogP contribution in [0.15, 0.2) is 59.6 Å². The molecule has 3 atom stereocenters. The van der Waals surface area contributed by atoms with Crippen molar-refractivity contribution in [2.45, 2.75) is 29.4 Å². The van der Waals surface area contributed by atoms with Crippen LogP contribution >= 0.6 is 0 Å². The Bertz CT molecular complexity index is 1550. The average molecular weight is 477 g/mol. The van der Waals surface area contributed by atoms with Crippen LogP contribution in [0, 0.1) is 17.1 Å². The molecule has 3 amide bonds. The van der Waals surface area contributed by atoms with Gasteiger partial charge >= 0.3 is 6.03 Å². The number of nitrogens with zero attached hydrogens (tertiary/aromatic N) is 5. The predicted octanol–water partition coefficient (Wildman–Crippen LogP) is 2.23. The zero-order valence-corrected chi connectivity index (χ0v) is 18.3.